The number of carbonyl (C=O) groups excluding carboxylic acids is 1. The standard InChI is InChI=1S/C20H27N5O2/c26-20(25-10-4-9-24(11-12-25)17-6-1-2-7-17)22-15-18-13-19(23-27-18)16-5-3-8-21-14-16/h3,5,8,13-14,17H,1-2,4,6-7,9-12,15H2,(H,22,26). The lowest BCUT2D eigenvalue weighted by Gasteiger charge is -2.27. The summed E-state index contributed by atoms with van der Waals surface area (Å²) >= 11 is 0. The van der Waals surface area contributed by atoms with Crippen LogP contribution in [0.2, 0.25) is 0 Å². The number of pyridine rings is 1. The first-order valence-electron chi connectivity index (χ1n) is 9.92. The van der Waals surface area contributed by atoms with Gasteiger partial charge in [0.2, 0.25) is 0 Å². The van der Waals surface area contributed by atoms with Crippen LogP contribution in [0.1, 0.15) is 37.9 Å². The van der Waals surface area contributed by atoms with Gasteiger partial charge in [-0.2, -0.15) is 0 Å². The van der Waals surface area contributed by atoms with E-state index >= 15 is 0 Å². The molecule has 2 aromatic rings. The molecular formula is C20H27N5O2. The first-order chi connectivity index (χ1) is 13.3. The van der Waals surface area contributed by atoms with E-state index in [2.05, 4.69) is 20.4 Å². The number of nitrogens with zero attached hydrogens (tertiary/aromatic N) is 4. The SMILES string of the molecule is O=C(NCc1cc(-c2cccnc2)no1)N1CCCN(C2CCCC2)CC1. The van der Waals surface area contributed by atoms with E-state index in [1.54, 1.807) is 12.4 Å². The van der Waals surface area contributed by atoms with Gasteiger partial charge in [0, 0.05) is 56.2 Å². The zero-order valence-electron chi connectivity index (χ0n) is 15.6. The average Bonchev–Trinajstić information content (AvgIpc) is 3.35. The molecule has 7 nitrogen and oxygen atoms in total. The first kappa shape index (κ1) is 18.0. The smallest absolute Gasteiger partial charge is 0.317 e. The molecule has 0 aromatic carbocycles. The maximum absolute atomic E-state index is 12.6. The number of hydrogen-bond donors (Lipinski definition) is 1. The van der Waals surface area contributed by atoms with Crippen LogP contribution in [0.3, 0.4) is 0 Å². The molecule has 0 bridgehead atoms. The fraction of sp³-hybridized carbons (Fsp3) is 0.550. The normalized spacial score (nSPS) is 19.2. The second-order valence-electron chi connectivity index (χ2n) is 7.39. The lowest BCUT2D eigenvalue weighted by atomic mass is 10.2. The van der Waals surface area contributed by atoms with Gasteiger partial charge in [-0.15, -0.1) is 0 Å². The second kappa shape index (κ2) is 8.52. The number of hydrogen-bond acceptors (Lipinski definition) is 5. The van der Waals surface area contributed by atoms with Crippen molar-refractivity contribution in [1.82, 2.24) is 25.3 Å². The molecule has 1 N–H and O–H groups in total. The van der Waals surface area contributed by atoms with Crippen LogP contribution in [0.5, 0.6) is 0 Å². The molecule has 3 heterocycles. The van der Waals surface area contributed by atoms with Crippen molar-refractivity contribution in [3.8, 4) is 11.3 Å². The maximum atomic E-state index is 12.6. The molecule has 1 saturated carbocycles. The van der Waals surface area contributed by atoms with Gasteiger partial charge in [0.15, 0.2) is 5.76 Å². The van der Waals surface area contributed by atoms with E-state index in [0.717, 1.165) is 49.9 Å². The summed E-state index contributed by atoms with van der Waals surface area (Å²) < 4.78 is 5.35. The fourth-order valence-electron chi connectivity index (χ4n) is 4.10. The summed E-state index contributed by atoms with van der Waals surface area (Å²) in [4.78, 5) is 21.1. The third-order valence-electron chi connectivity index (χ3n) is 5.59. The van der Waals surface area contributed by atoms with Crippen LogP contribution in [-0.4, -0.2) is 58.2 Å². The summed E-state index contributed by atoms with van der Waals surface area (Å²) in [7, 11) is 0. The van der Waals surface area contributed by atoms with Gasteiger partial charge in [0.05, 0.1) is 6.54 Å². The Bertz CT molecular complexity index is 742. The Labute approximate surface area is 159 Å². The molecular weight excluding hydrogens is 342 g/mol. The summed E-state index contributed by atoms with van der Waals surface area (Å²) in [6, 6.07) is 6.34. The molecule has 27 heavy (non-hydrogen) atoms. The molecule has 2 aliphatic rings. The van der Waals surface area contributed by atoms with Gasteiger partial charge in [0.1, 0.15) is 5.69 Å². The largest absolute Gasteiger partial charge is 0.359 e. The van der Waals surface area contributed by atoms with Crippen LogP contribution in [0.25, 0.3) is 11.3 Å². The van der Waals surface area contributed by atoms with Gasteiger partial charge < -0.3 is 14.7 Å². The van der Waals surface area contributed by atoms with Crippen LogP contribution in [0, 0.1) is 0 Å². The number of amides is 2. The third kappa shape index (κ3) is 4.47. The van der Waals surface area contributed by atoms with Crippen LogP contribution >= 0.6 is 0 Å². The third-order valence-corrected chi connectivity index (χ3v) is 5.59. The monoisotopic (exact) mass is 369 g/mol. The van der Waals surface area contributed by atoms with Crippen molar-refractivity contribution in [2.75, 3.05) is 26.2 Å². The van der Waals surface area contributed by atoms with Gasteiger partial charge in [0.25, 0.3) is 0 Å². The van der Waals surface area contributed by atoms with Crippen LogP contribution in [0.4, 0.5) is 4.79 Å². The molecule has 4 rings (SSSR count). The molecule has 144 valence electrons. The number of aromatic nitrogens is 2. The Morgan fingerprint density at radius 1 is 1.19 bits per heavy atom. The summed E-state index contributed by atoms with van der Waals surface area (Å²) in [5.41, 5.74) is 1.63. The van der Waals surface area contributed by atoms with E-state index < -0.39 is 0 Å². The fourth-order valence-corrected chi connectivity index (χ4v) is 4.10. The highest BCUT2D eigenvalue weighted by molar-refractivity contribution is 5.74. The van der Waals surface area contributed by atoms with Gasteiger partial charge in [-0.25, -0.2) is 4.79 Å². The Hall–Kier alpha value is -2.41. The molecule has 1 aliphatic carbocycles. The molecule has 0 radical (unpaired) electrons. The highest BCUT2D eigenvalue weighted by Crippen LogP contribution is 2.24. The summed E-state index contributed by atoms with van der Waals surface area (Å²) in [6.45, 7) is 4.03. The topological polar surface area (TPSA) is 74.5 Å². The highest BCUT2D eigenvalue weighted by atomic mass is 16.5. The van der Waals surface area contributed by atoms with E-state index in [1.165, 1.54) is 25.7 Å². The van der Waals surface area contributed by atoms with Crippen molar-refractivity contribution < 1.29 is 9.32 Å². The van der Waals surface area contributed by atoms with Crippen molar-refractivity contribution in [3.05, 3.63) is 36.4 Å². The molecule has 1 saturated heterocycles. The van der Waals surface area contributed by atoms with E-state index in [4.69, 9.17) is 4.52 Å². The predicted octanol–water partition coefficient (Wildman–Crippen LogP) is 2.90. The van der Waals surface area contributed by atoms with Crippen LogP contribution in [-0.2, 0) is 6.54 Å². The number of rotatable bonds is 4. The highest BCUT2D eigenvalue weighted by Gasteiger charge is 2.26. The van der Waals surface area contributed by atoms with E-state index in [9.17, 15) is 4.79 Å². The van der Waals surface area contributed by atoms with E-state index in [1.807, 2.05) is 23.1 Å². The van der Waals surface area contributed by atoms with Crippen molar-refractivity contribution in [1.29, 1.82) is 0 Å². The van der Waals surface area contributed by atoms with Crippen LogP contribution < -0.4 is 5.32 Å². The second-order valence-corrected chi connectivity index (χ2v) is 7.39. The van der Waals surface area contributed by atoms with Gasteiger partial charge in [-0.1, -0.05) is 18.0 Å². The minimum Gasteiger partial charge on any atom is -0.359 e. The minimum absolute atomic E-state index is 0.0254. The van der Waals surface area contributed by atoms with Gasteiger partial charge in [-0.05, 0) is 31.4 Å². The molecule has 2 aromatic heterocycles. The minimum atomic E-state index is -0.0254. The number of carbonyl (C=O) groups is 1. The molecule has 7 heteroatoms. The molecule has 2 fully saturated rings. The quantitative estimate of drug-likeness (QED) is 0.897. The lowest BCUT2D eigenvalue weighted by molar-refractivity contribution is 0.186. The van der Waals surface area contributed by atoms with E-state index in [-0.39, 0.29) is 6.03 Å². The van der Waals surface area contributed by atoms with Crippen molar-refractivity contribution >= 4 is 6.03 Å². The van der Waals surface area contributed by atoms with Crippen molar-refractivity contribution in [3.63, 3.8) is 0 Å². The Kier molecular flexibility index (Phi) is 5.67. The lowest BCUT2D eigenvalue weighted by Crippen LogP contribution is -2.42. The van der Waals surface area contributed by atoms with Crippen LogP contribution in [0.15, 0.2) is 35.1 Å². The maximum Gasteiger partial charge on any atom is 0.317 e. The molecule has 0 spiro atoms. The Balaban J connectivity index is 1.27. The molecule has 1 aliphatic heterocycles. The summed E-state index contributed by atoms with van der Waals surface area (Å²) in [6.07, 6.45) is 9.84. The average molecular weight is 369 g/mol. The Morgan fingerprint density at radius 3 is 2.89 bits per heavy atom. The summed E-state index contributed by atoms with van der Waals surface area (Å²) in [5, 5.41) is 7.02. The van der Waals surface area contributed by atoms with E-state index in [0.29, 0.717) is 12.3 Å². The zero-order valence-corrected chi connectivity index (χ0v) is 15.6. The molecule has 0 unspecified atom stereocenters. The first-order valence-corrected chi connectivity index (χ1v) is 9.92. The number of nitrogens with one attached hydrogen (secondary N) is 1. The predicted molar refractivity (Wildman–Crippen MR) is 102 cm³/mol. The molecule has 2 amide bonds. The van der Waals surface area contributed by atoms with Gasteiger partial charge >= 0.3 is 6.03 Å². The summed E-state index contributed by atoms with van der Waals surface area (Å²) in [5.74, 6) is 0.643. The van der Waals surface area contributed by atoms with Crippen molar-refractivity contribution in [2.45, 2.75) is 44.7 Å². The van der Waals surface area contributed by atoms with Gasteiger partial charge in [-0.3, -0.25) is 9.88 Å². The zero-order chi connectivity index (χ0) is 18.5. The van der Waals surface area contributed by atoms with Crippen molar-refractivity contribution in [2.24, 2.45) is 0 Å². The molecule has 0 atom stereocenters. The number of urea groups is 1. The Morgan fingerprint density at radius 2 is 2.07 bits per heavy atom.